The SMILES string of the molecule is CN(CCc1ccccc1)c1ccnc(Cl)n1. The van der Waals surface area contributed by atoms with Gasteiger partial charge in [-0.3, -0.25) is 0 Å². The molecule has 0 saturated heterocycles. The molecule has 1 heterocycles. The fraction of sp³-hybridized carbons (Fsp3) is 0.231. The van der Waals surface area contributed by atoms with Gasteiger partial charge in [-0.15, -0.1) is 0 Å². The van der Waals surface area contributed by atoms with Crippen LogP contribution in [0.25, 0.3) is 0 Å². The van der Waals surface area contributed by atoms with Crippen LogP contribution < -0.4 is 4.90 Å². The fourth-order valence-electron chi connectivity index (χ4n) is 1.59. The lowest BCUT2D eigenvalue weighted by molar-refractivity contribution is 0.856. The van der Waals surface area contributed by atoms with Gasteiger partial charge in [0.1, 0.15) is 5.82 Å². The zero-order valence-corrected chi connectivity index (χ0v) is 10.4. The van der Waals surface area contributed by atoms with E-state index >= 15 is 0 Å². The van der Waals surface area contributed by atoms with Crippen LogP contribution in [0.3, 0.4) is 0 Å². The van der Waals surface area contributed by atoms with Gasteiger partial charge in [0.15, 0.2) is 0 Å². The molecule has 0 bridgehead atoms. The highest BCUT2D eigenvalue weighted by Crippen LogP contribution is 2.11. The Kier molecular flexibility index (Phi) is 3.94. The van der Waals surface area contributed by atoms with E-state index in [4.69, 9.17) is 11.6 Å². The lowest BCUT2D eigenvalue weighted by Crippen LogP contribution is -2.21. The van der Waals surface area contributed by atoms with E-state index in [1.165, 1.54) is 5.56 Å². The van der Waals surface area contributed by atoms with Crippen molar-refractivity contribution in [1.29, 1.82) is 0 Å². The molecule has 0 unspecified atom stereocenters. The van der Waals surface area contributed by atoms with Crippen LogP contribution in [0.15, 0.2) is 42.6 Å². The van der Waals surface area contributed by atoms with E-state index in [-0.39, 0.29) is 5.28 Å². The molecule has 17 heavy (non-hydrogen) atoms. The molecule has 0 radical (unpaired) electrons. The molecule has 88 valence electrons. The van der Waals surface area contributed by atoms with E-state index < -0.39 is 0 Å². The summed E-state index contributed by atoms with van der Waals surface area (Å²) in [4.78, 5) is 10.1. The first-order chi connectivity index (χ1) is 8.25. The van der Waals surface area contributed by atoms with Gasteiger partial charge in [0.2, 0.25) is 5.28 Å². The van der Waals surface area contributed by atoms with E-state index in [2.05, 4.69) is 39.1 Å². The Morgan fingerprint density at radius 2 is 1.94 bits per heavy atom. The Bertz CT molecular complexity index is 473. The van der Waals surface area contributed by atoms with Crippen LogP contribution in [0.4, 0.5) is 5.82 Å². The van der Waals surface area contributed by atoms with Crippen molar-refractivity contribution in [3.05, 3.63) is 53.4 Å². The maximum atomic E-state index is 5.76. The average molecular weight is 248 g/mol. The molecule has 2 aromatic rings. The second-order valence-electron chi connectivity index (χ2n) is 3.84. The number of anilines is 1. The van der Waals surface area contributed by atoms with Crippen molar-refractivity contribution in [2.45, 2.75) is 6.42 Å². The summed E-state index contributed by atoms with van der Waals surface area (Å²) in [5.41, 5.74) is 1.32. The Labute approximate surface area is 106 Å². The Morgan fingerprint density at radius 1 is 1.18 bits per heavy atom. The minimum absolute atomic E-state index is 0.286. The van der Waals surface area contributed by atoms with Crippen LogP contribution in [-0.4, -0.2) is 23.6 Å². The molecule has 2 rings (SSSR count). The molecular weight excluding hydrogens is 234 g/mol. The van der Waals surface area contributed by atoms with E-state index in [1.807, 2.05) is 19.2 Å². The van der Waals surface area contributed by atoms with Crippen LogP contribution in [0.5, 0.6) is 0 Å². The van der Waals surface area contributed by atoms with Crippen LogP contribution in [0, 0.1) is 0 Å². The zero-order valence-electron chi connectivity index (χ0n) is 9.68. The van der Waals surface area contributed by atoms with Crippen molar-refractivity contribution in [1.82, 2.24) is 9.97 Å². The van der Waals surface area contributed by atoms with Crippen molar-refractivity contribution in [2.24, 2.45) is 0 Å². The summed E-state index contributed by atoms with van der Waals surface area (Å²) in [6.45, 7) is 0.900. The molecule has 3 nitrogen and oxygen atoms in total. The molecule has 0 amide bonds. The number of hydrogen-bond donors (Lipinski definition) is 0. The number of benzene rings is 1. The van der Waals surface area contributed by atoms with Crippen LogP contribution in [0.2, 0.25) is 5.28 Å². The standard InChI is InChI=1S/C13H14ClN3/c1-17(12-7-9-15-13(14)16-12)10-8-11-5-3-2-4-6-11/h2-7,9H,8,10H2,1H3. The second kappa shape index (κ2) is 5.64. The molecule has 0 aliphatic carbocycles. The molecule has 0 fully saturated rings. The van der Waals surface area contributed by atoms with E-state index in [0.29, 0.717) is 0 Å². The largest absolute Gasteiger partial charge is 0.359 e. The van der Waals surface area contributed by atoms with Crippen LogP contribution >= 0.6 is 11.6 Å². The number of likely N-dealkylation sites (N-methyl/N-ethyl adjacent to an activating group) is 1. The first-order valence-electron chi connectivity index (χ1n) is 5.49. The van der Waals surface area contributed by atoms with Crippen molar-refractivity contribution in [3.63, 3.8) is 0 Å². The van der Waals surface area contributed by atoms with Gasteiger partial charge in [-0.25, -0.2) is 9.97 Å². The average Bonchev–Trinajstić information content (AvgIpc) is 2.37. The van der Waals surface area contributed by atoms with Gasteiger partial charge in [-0.05, 0) is 29.7 Å². The highest BCUT2D eigenvalue weighted by molar-refractivity contribution is 6.28. The van der Waals surface area contributed by atoms with Gasteiger partial charge >= 0.3 is 0 Å². The summed E-state index contributed by atoms with van der Waals surface area (Å²) in [6, 6.07) is 12.2. The second-order valence-corrected chi connectivity index (χ2v) is 4.18. The lowest BCUT2D eigenvalue weighted by atomic mass is 10.1. The molecule has 0 aliphatic rings. The quantitative estimate of drug-likeness (QED) is 0.778. The molecule has 0 N–H and O–H groups in total. The normalized spacial score (nSPS) is 10.2. The smallest absolute Gasteiger partial charge is 0.224 e. The Balaban J connectivity index is 1.96. The maximum Gasteiger partial charge on any atom is 0.224 e. The van der Waals surface area contributed by atoms with E-state index in [0.717, 1.165) is 18.8 Å². The highest BCUT2D eigenvalue weighted by Gasteiger charge is 2.03. The third-order valence-electron chi connectivity index (χ3n) is 2.58. The summed E-state index contributed by atoms with van der Waals surface area (Å²) in [5, 5.41) is 0.286. The third kappa shape index (κ3) is 3.43. The van der Waals surface area contributed by atoms with Gasteiger partial charge in [-0.1, -0.05) is 30.3 Å². The number of aromatic nitrogens is 2. The van der Waals surface area contributed by atoms with E-state index in [9.17, 15) is 0 Å². The molecule has 0 spiro atoms. The zero-order chi connectivity index (χ0) is 12.1. The number of halogens is 1. The summed E-state index contributed by atoms with van der Waals surface area (Å²) in [5.74, 6) is 0.848. The Morgan fingerprint density at radius 3 is 2.65 bits per heavy atom. The molecule has 0 aliphatic heterocycles. The number of hydrogen-bond acceptors (Lipinski definition) is 3. The van der Waals surface area contributed by atoms with Gasteiger partial charge in [0.05, 0.1) is 0 Å². The lowest BCUT2D eigenvalue weighted by Gasteiger charge is -2.17. The predicted octanol–water partition coefficient (Wildman–Crippen LogP) is 2.81. The fourth-order valence-corrected chi connectivity index (χ4v) is 1.74. The predicted molar refractivity (Wildman–Crippen MR) is 70.5 cm³/mol. The molecule has 0 atom stereocenters. The monoisotopic (exact) mass is 247 g/mol. The molecule has 1 aromatic heterocycles. The summed E-state index contributed by atoms with van der Waals surface area (Å²) in [7, 11) is 2.00. The third-order valence-corrected chi connectivity index (χ3v) is 2.76. The molecule has 4 heteroatoms. The van der Waals surface area contributed by atoms with Crippen LogP contribution in [-0.2, 0) is 6.42 Å². The first kappa shape index (κ1) is 11.9. The van der Waals surface area contributed by atoms with Crippen molar-refractivity contribution < 1.29 is 0 Å². The first-order valence-corrected chi connectivity index (χ1v) is 5.87. The van der Waals surface area contributed by atoms with E-state index in [1.54, 1.807) is 6.20 Å². The van der Waals surface area contributed by atoms with Crippen LogP contribution in [0.1, 0.15) is 5.56 Å². The molecule has 1 aromatic carbocycles. The summed E-state index contributed by atoms with van der Waals surface area (Å²) in [6.07, 6.45) is 2.66. The van der Waals surface area contributed by atoms with Crippen molar-refractivity contribution >= 4 is 17.4 Å². The topological polar surface area (TPSA) is 29.0 Å². The maximum absolute atomic E-state index is 5.76. The van der Waals surface area contributed by atoms with Crippen molar-refractivity contribution in [3.8, 4) is 0 Å². The minimum atomic E-state index is 0.286. The number of nitrogens with zero attached hydrogens (tertiary/aromatic N) is 3. The molecular formula is C13H14ClN3. The van der Waals surface area contributed by atoms with Gasteiger partial charge < -0.3 is 4.90 Å². The molecule has 0 saturated carbocycles. The van der Waals surface area contributed by atoms with Gasteiger partial charge in [0.25, 0.3) is 0 Å². The minimum Gasteiger partial charge on any atom is -0.359 e. The van der Waals surface area contributed by atoms with Gasteiger partial charge in [0, 0.05) is 19.8 Å². The summed E-state index contributed by atoms with van der Waals surface area (Å²) >= 11 is 5.76. The van der Waals surface area contributed by atoms with Crippen molar-refractivity contribution in [2.75, 3.05) is 18.5 Å². The number of rotatable bonds is 4. The highest BCUT2D eigenvalue weighted by atomic mass is 35.5. The van der Waals surface area contributed by atoms with Gasteiger partial charge in [-0.2, -0.15) is 0 Å². The Hall–Kier alpha value is -1.61. The summed E-state index contributed by atoms with van der Waals surface area (Å²) < 4.78 is 0.